The van der Waals surface area contributed by atoms with Crippen LogP contribution in [-0.2, 0) is 0 Å². The highest BCUT2D eigenvalue weighted by atomic mass is 15.1. The standard InChI is InChI=1S/C45H38N2/c1-3-13-34(14-4-2)36-24-28-41(29-25-36)47(40-17-9-6-10-18-40)42-30-26-37(27-31-42)35-20-22-39(23-21-35)45-44(38-15-7-5-8-16-38)33-43-19-11-12-32-46(43)45/h3,5-33H,4H2,1-2H3/b13-3-,34-14+. The third-order valence-corrected chi connectivity index (χ3v) is 8.63. The zero-order valence-electron chi connectivity index (χ0n) is 26.9. The minimum atomic E-state index is 1.00. The van der Waals surface area contributed by atoms with Gasteiger partial charge in [0.15, 0.2) is 0 Å². The molecular formula is C45H38N2. The molecule has 0 bridgehead atoms. The third-order valence-electron chi connectivity index (χ3n) is 8.63. The van der Waals surface area contributed by atoms with Gasteiger partial charge in [-0.2, -0.15) is 0 Å². The van der Waals surface area contributed by atoms with Crippen molar-refractivity contribution >= 4 is 28.2 Å². The van der Waals surface area contributed by atoms with Gasteiger partial charge in [-0.3, -0.25) is 0 Å². The summed E-state index contributed by atoms with van der Waals surface area (Å²) in [6, 6.07) is 56.6. The summed E-state index contributed by atoms with van der Waals surface area (Å²) in [5.74, 6) is 0. The van der Waals surface area contributed by atoms with Gasteiger partial charge in [-0.05, 0) is 101 Å². The molecule has 0 aliphatic carbocycles. The van der Waals surface area contributed by atoms with Gasteiger partial charge in [0.1, 0.15) is 0 Å². The molecule has 0 aliphatic heterocycles. The first-order valence-corrected chi connectivity index (χ1v) is 16.4. The highest BCUT2D eigenvalue weighted by Crippen LogP contribution is 2.38. The van der Waals surface area contributed by atoms with Crippen LogP contribution in [0.15, 0.2) is 182 Å². The van der Waals surface area contributed by atoms with Crippen molar-refractivity contribution in [1.82, 2.24) is 4.40 Å². The maximum Gasteiger partial charge on any atom is 0.0607 e. The van der Waals surface area contributed by atoms with Gasteiger partial charge in [-0.1, -0.05) is 128 Å². The Morgan fingerprint density at radius 3 is 1.77 bits per heavy atom. The van der Waals surface area contributed by atoms with E-state index < -0.39 is 0 Å². The molecule has 0 atom stereocenters. The van der Waals surface area contributed by atoms with E-state index in [2.05, 4.69) is 205 Å². The second kappa shape index (κ2) is 13.6. The first-order valence-electron chi connectivity index (χ1n) is 16.4. The molecule has 7 aromatic rings. The van der Waals surface area contributed by atoms with E-state index in [9.17, 15) is 0 Å². The Bertz CT molecular complexity index is 2130. The Labute approximate surface area is 278 Å². The van der Waals surface area contributed by atoms with Crippen LogP contribution in [0, 0.1) is 0 Å². The maximum absolute atomic E-state index is 2.32. The molecule has 2 nitrogen and oxygen atoms in total. The third kappa shape index (κ3) is 6.19. The Kier molecular flexibility index (Phi) is 8.66. The predicted octanol–water partition coefficient (Wildman–Crippen LogP) is 12.8. The number of hydrogen-bond acceptors (Lipinski definition) is 1. The number of nitrogens with zero attached hydrogens (tertiary/aromatic N) is 2. The molecule has 0 radical (unpaired) electrons. The van der Waals surface area contributed by atoms with E-state index in [1.807, 2.05) is 0 Å². The van der Waals surface area contributed by atoms with Crippen LogP contribution in [0.1, 0.15) is 25.8 Å². The van der Waals surface area contributed by atoms with Crippen molar-refractivity contribution in [2.75, 3.05) is 4.90 Å². The van der Waals surface area contributed by atoms with Crippen LogP contribution in [0.2, 0.25) is 0 Å². The van der Waals surface area contributed by atoms with Gasteiger partial charge in [-0.15, -0.1) is 0 Å². The molecule has 47 heavy (non-hydrogen) atoms. The molecule has 0 saturated heterocycles. The minimum absolute atomic E-state index is 1.00. The Balaban J connectivity index is 1.20. The van der Waals surface area contributed by atoms with E-state index in [1.54, 1.807) is 0 Å². The van der Waals surface area contributed by atoms with Crippen molar-refractivity contribution in [3.05, 3.63) is 188 Å². The summed E-state index contributed by atoms with van der Waals surface area (Å²) in [4.78, 5) is 2.32. The second-order valence-electron chi connectivity index (χ2n) is 11.7. The number of benzene rings is 5. The average molecular weight is 607 g/mol. The van der Waals surface area contributed by atoms with Gasteiger partial charge in [0.25, 0.3) is 0 Å². The Morgan fingerprint density at radius 1 is 0.574 bits per heavy atom. The van der Waals surface area contributed by atoms with Crippen LogP contribution in [0.25, 0.3) is 44.6 Å². The molecule has 2 aromatic heterocycles. The summed E-state index contributed by atoms with van der Waals surface area (Å²) in [5.41, 5.74) is 14.3. The predicted molar refractivity (Wildman–Crippen MR) is 201 cm³/mol. The molecule has 0 spiro atoms. The molecule has 7 rings (SSSR count). The van der Waals surface area contributed by atoms with Crippen molar-refractivity contribution in [3.63, 3.8) is 0 Å². The maximum atomic E-state index is 2.32. The summed E-state index contributed by atoms with van der Waals surface area (Å²) in [6.45, 7) is 4.25. The lowest BCUT2D eigenvalue weighted by molar-refractivity contribution is 1.20. The SMILES string of the molecule is C/C=C\C(=C/CC)c1ccc(N(c2ccccc2)c2ccc(-c3ccc(-c4c(-c5ccccc5)cc5ccccn45)cc3)cc2)cc1. The molecule has 2 heterocycles. The summed E-state index contributed by atoms with van der Waals surface area (Å²) >= 11 is 0. The first kappa shape index (κ1) is 29.8. The van der Waals surface area contributed by atoms with Crippen molar-refractivity contribution in [2.45, 2.75) is 20.3 Å². The number of fused-ring (bicyclic) bond motifs is 1. The smallest absolute Gasteiger partial charge is 0.0607 e. The fourth-order valence-electron chi connectivity index (χ4n) is 6.39. The van der Waals surface area contributed by atoms with E-state index in [-0.39, 0.29) is 0 Å². The van der Waals surface area contributed by atoms with Crippen LogP contribution in [0.3, 0.4) is 0 Å². The second-order valence-corrected chi connectivity index (χ2v) is 11.7. The van der Waals surface area contributed by atoms with Gasteiger partial charge < -0.3 is 9.30 Å². The topological polar surface area (TPSA) is 7.65 Å². The average Bonchev–Trinajstić information content (AvgIpc) is 3.53. The van der Waals surface area contributed by atoms with E-state index in [1.165, 1.54) is 50.2 Å². The number of rotatable bonds is 9. The Morgan fingerprint density at radius 2 is 1.13 bits per heavy atom. The van der Waals surface area contributed by atoms with Crippen molar-refractivity contribution in [1.29, 1.82) is 0 Å². The fourth-order valence-corrected chi connectivity index (χ4v) is 6.39. The largest absolute Gasteiger partial charge is 0.316 e. The number of allylic oxidation sites excluding steroid dienone is 4. The highest BCUT2D eigenvalue weighted by molar-refractivity contribution is 5.88. The van der Waals surface area contributed by atoms with Crippen LogP contribution in [0.5, 0.6) is 0 Å². The van der Waals surface area contributed by atoms with Crippen LogP contribution in [0.4, 0.5) is 17.1 Å². The molecule has 228 valence electrons. The van der Waals surface area contributed by atoms with Gasteiger partial charge >= 0.3 is 0 Å². The zero-order valence-corrected chi connectivity index (χ0v) is 26.9. The highest BCUT2D eigenvalue weighted by Gasteiger charge is 2.15. The normalized spacial score (nSPS) is 11.7. The van der Waals surface area contributed by atoms with Crippen LogP contribution in [-0.4, -0.2) is 4.40 Å². The van der Waals surface area contributed by atoms with Gasteiger partial charge in [0, 0.05) is 34.3 Å². The Hall–Kier alpha value is -5.86. The van der Waals surface area contributed by atoms with Crippen LogP contribution >= 0.6 is 0 Å². The molecular weight excluding hydrogens is 569 g/mol. The van der Waals surface area contributed by atoms with Gasteiger partial charge in [-0.25, -0.2) is 0 Å². The quantitative estimate of drug-likeness (QED) is 0.148. The van der Waals surface area contributed by atoms with Gasteiger partial charge in [0.2, 0.25) is 0 Å². The summed E-state index contributed by atoms with van der Waals surface area (Å²) in [5, 5.41) is 0. The molecule has 0 amide bonds. The lowest BCUT2D eigenvalue weighted by Gasteiger charge is -2.26. The number of para-hydroxylation sites is 1. The fraction of sp³-hybridized carbons (Fsp3) is 0.0667. The molecule has 0 N–H and O–H groups in total. The van der Waals surface area contributed by atoms with Crippen molar-refractivity contribution < 1.29 is 0 Å². The molecule has 0 fully saturated rings. The minimum Gasteiger partial charge on any atom is -0.316 e. The molecule has 2 heteroatoms. The zero-order chi connectivity index (χ0) is 32.0. The van der Waals surface area contributed by atoms with Crippen molar-refractivity contribution in [2.24, 2.45) is 0 Å². The molecule has 5 aromatic carbocycles. The number of anilines is 3. The van der Waals surface area contributed by atoms with E-state index in [0.29, 0.717) is 0 Å². The summed E-state index contributed by atoms with van der Waals surface area (Å²) in [7, 11) is 0. The molecule has 0 saturated carbocycles. The lowest BCUT2D eigenvalue weighted by Crippen LogP contribution is -2.09. The number of hydrogen-bond donors (Lipinski definition) is 0. The monoisotopic (exact) mass is 606 g/mol. The van der Waals surface area contributed by atoms with E-state index in [4.69, 9.17) is 0 Å². The van der Waals surface area contributed by atoms with Crippen LogP contribution < -0.4 is 4.90 Å². The van der Waals surface area contributed by atoms with E-state index in [0.717, 1.165) is 23.5 Å². The summed E-state index contributed by atoms with van der Waals surface area (Å²) in [6.07, 6.45) is 9.72. The molecule has 0 unspecified atom stereocenters. The number of pyridine rings is 1. The van der Waals surface area contributed by atoms with E-state index >= 15 is 0 Å². The number of aromatic nitrogens is 1. The summed E-state index contributed by atoms with van der Waals surface area (Å²) < 4.78 is 2.29. The van der Waals surface area contributed by atoms with Crippen molar-refractivity contribution in [3.8, 4) is 33.5 Å². The first-order chi connectivity index (χ1) is 23.2. The van der Waals surface area contributed by atoms with Gasteiger partial charge in [0.05, 0.1) is 5.69 Å². The molecule has 0 aliphatic rings. The lowest BCUT2D eigenvalue weighted by atomic mass is 9.98.